The number of aliphatic imine (C=N–C) groups is 1. The molecule has 2 atom stereocenters. The van der Waals surface area contributed by atoms with Crippen LogP contribution in [0.3, 0.4) is 0 Å². The lowest BCUT2D eigenvalue weighted by Gasteiger charge is -2.28. The van der Waals surface area contributed by atoms with Crippen LogP contribution in [0, 0.1) is 5.92 Å². The van der Waals surface area contributed by atoms with Gasteiger partial charge in [0.25, 0.3) is 5.91 Å². The van der Waals surface area contributed by atoms with Gasteiger partial charge in [-0.25, -0.2) is 4.99 Å². The molecular formula is C22H30N2O3. The Labute approximate surface area is 161 Å². The zero-order valence-corrected chi connectivity index (χ0v) is 16.2. The highest BCUT2D eigenvalue weighted by atomic mass is 16.7. The number of carbonyl (C=O) groups excluding carboxylic acids is 1. The predicted octanol–water partition coefficient (Wildman–Crippen LogP) is 4.29. The second-order valence-corrected chi connectivity index (χ2v) is 7.73. The number of benzene rings is 1. The first kappa shape index (κ1) is 18.6. The molecule has 0 aromatic heterocycles. The number of hydrogen-bond acceptors (Lipinski definition) is 4. The van der Waals surface area contributed by atoms with Crippen molar-refractivity contribution in [2.75, 3.05) is 18.1 Å². The Morgan fingerprint density at radius 2 is 1.89 bits per heavy atom. The highest BCUT2D eigenvalue weighted by Crippen LogP contribution is 2.34. The lowest BCUT2D eigenvalue weighted by molar-refractivity contribution is -0.189. The van der Waals surface area contributed by atoms with Gasteiger partial charge in [-0.15, -0.1) is 0 Å². The largest absolute Gasteiger partial charge is 0.353 e. The van der Waals surface area contributed by atoms with Crippen molar-refractivity contribution in [1.82, 2.24) is 0 Å². The van der Waals surface area contributed by atoms with Crippen molar-refractivity contribution in [2.24, 2.45) is 10.9 Å². The number of para-hydroxylation sites is 1. The number of hydrogen-bond donors (Lipinski definition) is 0. The van der Waals surface area contributed by atoms with Crippen LogP contribution in [-0.2, 0) is 14.3 Å². The van der Waals surface area contributed by atoms with Crippen LogP contribution in [0.4, 0.5) is 5.69 Å². The standard InChI is InChI=1S/C22H30N2O3/c1-2-24-18-13-7-6-12-17(18)20(16-10-4-3-5-11-16)23-21(22(24)25)27-19-14-8-9-15-26-19/h6-7,12-13,16,19,21H,2-5,8-11,14-15H2,1H3. The first-order valence-electron chi connectivity index (χ1n) is 10.5. The van der Waals surface area contributed by atoms with Crippen LogP contribution in [0.15, 0.2) is 29.3 Å². The fourth-order valence-corrected chi connectivity index (χ4v) is 4.51. The van der Waals surface area contributed by atoms with Crippen molar-refractivity contribution < 1.29 is 14.3 Å². The van der Waals surface area contributed by atoms with E-state index in [-0.39, 0.29) is 12.2 Å². The van der Waals surface area contributed by atoms with Gasteiger partial charge < -0.3 is 14.4 Å². The predicted molar refractivity (Wildman–Crippen MR) is 106 cm³/mol. The van der Waals surface area contributed by atoms with Crippen molar-refractivity contribution in [3.05, 3.63) is 29.8 Å². The minimum absolute atomic E-state index is 0.0788. The number of rotatable bonds is 4. The Balaban J connectivity index is 1.71. The SMILES string of the molecule is CCN1C(=O)C(OC2CCCCO2)N=C(C2CCCCC2)c2ccccc21. The summed E-state index contributed by atoms with van der Waals surface area (Å²) in [5, 5.41) is 0. The molecule has 3 aliphatic rings. The van der Waals surface area contributed by atoms with Crippen LogP contribution in [0.25, 0.3) is 0 Å². The summed E-state index contributed by atoms with van der Waals surface area (Å²) in [6.07, 6.45) is 7.85. The van der Waals surface area contributed by atoms with Gasteiger partial charge in [0.15, 0.2) is 6.29 Å². The number of nitrogens with zero attached hydrogens (tertiary/aromatic N) is 2. The number of carbonyl (C=O) groups is 1. The molecular weight excluding hydrogens is 340 g/mol. The molecule has 2 heterocycles. The van der Waals surface area contributed by atoms with Crippen LogP contribution in [0.2, 0.25) is 0 Å². The third-order valence-corrected chi connectivity index (χ3v) is 5.93. The van der Waals surface area contributed by atoms with E-state index in [9.17, 15) is 4.79 Å². The smallest absolute Gasteiger partial charge is 0.279 e. The lowest BCUT2D eigenvalue weighted by atomic mass is 9.83. The monoisotopic (exact) mass is 370 g/mol. The van der Waals surface area contributed by atoms with Crippen molar-refractivity contribution >= 4 is 17.3 Å². The molecule has 1 aromatic carbocycles. The van der Waals surface area contributed by atoms with Crippen LogP contribution in [0.1, 0.15) is 63.9 Å². The molecule has 1 aromatic rings. The Hall–Kier alpha value is -1.72. The minimum Gasteiger partial charge on any atom is -0.353 e. The van der Waals surface area contributed by atoms with E-state index in [1.807, 2.05) is 30.0 Å². The van der Waals surface area contributed by atoms with Crippen molar-refractivity contribution in [3.8, 4) is 0 Å². The maximum atomic E-state index is 13.3. The van der Waals surface area contributed by atoms with Gasteiger partial charge in [0.1, 0.15) is 0 Å². The Bertz CT molecular complexity index is 691. The third kappa shape index (κ3) is 3.94. The van der Waals surface area contributed by atoms with Gasteiger partial charge in [0.05, 0.1) is 11.4 Å². The molecule has 1 aliphatic carbocycles. The fraction of sp³-hybridized carbons (Fsp3) is 0.636. The van der Waals surface area contributed by atoms with Crippen LogP contribution >= 0.6 is 0 Å². The zero-order valence-electron chi connectivity index (χ0n) is 16.2. The van der Waals surface area contributed by atoms with E-state index in [1.54, 1.807) is 0 Å². The summed E-state index contributed by atoms with van der Waals surface area (Å²) >= 11 is 0. The lowest BCUT2D eigenvalue weighted by Crippen LogP contribution is -2.41. The second-order valence-electron chi connectivity index (χ2n) is 7.73. The summed E-state index contributed by atoms with van der Waals surface area (Å²) in [6, 6.07) is 8.19. The van der Waals surface area contributed by atoms with Gasteiger partial charge >= 0.3 is 0 Å². The summed E-state index contributed by atoms with van der Waals surface area (Å²) in [5.41, 5.74) is 3.11. The van der Waals surface area contributed by atoms with E-state index in [0.717, 1.165) is 49.1 Å². The van der Waals surface area contributed by atoms with Crippen LogP contribution < -0.4 is 4.90 Å². The molecule has 0 bridgehead atoms. The summed E-state index contributed by atoms with van der Waals surface area (Å²) in [5.74, 6) is 0.327. The molecule has 5 nitrogen and oxygen atoms in total. The van der Waals surface area contributed by atoms with Gasteiger partial charge in [-0.05, 0) is 45.1 Å². The van der Waals surface area contributed by atoms with Crippen LogP contribution in [0.5, 0.6) is 0 Å². The average Bonchev–Trinajstić information content (AvgIpc) is 2.84. The van der Waals surface area contributed by atoms with E-state index in [0.29, 0.717) is 19.1 Å². The first-order valence-corrected chi connectivity index (χ1v) is 10.5. The van der Waals surface area contributed by atoms with Crippen molar-refractivity contribution in [2.45, 2.75) is 70.8 Å². The number of benzodiazepines with no additional fused rings is 1. The molecule has 146 valence electrons. The quantitative estimate of drug-likeness (QED) is 0.794. The van der Waals surface area contributed by atoms with E-state index < -0.39 is 6.23 Å². The molecule has 0 spiro atoms. The van der Waals surface area contributed by atoms with E-state index in [1.165, 1.54) is 19.3 Å². The Morgan fingerprint density at radius 3 is 2.63 bits per heavy atom. The molecule has 2 unspecified atom stereocenters. The fourth-order valence-electron chi connectivity index (χ4n) is 4.51. The molecule has 1 amide bonds. The molecule has 4 rings (SSSR count). The summed E-state index contributed by atoms with van der Waals surface area (Å²) in [4.78, 5) is 20.0. The van der Waals surface area contributed by atoms with E-state index >= 15 is 0 Å². The molecule has 1 saturated carbocycles. The Morgan fingerprint density at radius 1 is 1.11 bits per heavy atom. The Kier molecular flexibility index (Phi) is 5.89. The second kappa shape index (κ2) is 8.53. The van der Waals surface area contributed by atoms with Crippen LogP contribution in [-0.4, -0.2) is 37.3 Å². The number of fused-ring (bicyclic) bond motifs is 1. The molecule has 27 heavy (non-hydrogen) atoms. The summed E-state index contributed by atoms with van der Waals surface area (Å²) in [6.45, 7) is 3.31. The van der Waals surface area contributed by atoms with Gasteiger partial charge in [-0.3, -0.25) is 4.79 Å². The molecule has 0 N–H and O–H groups in total. The van der Waals surface area contributed by atoms with Gasteiger partial charge in [-0.2, -0.15) is 0 Å². The topological polar surface area (TPSA) is 51.1 Å². The van der Waals surface area contributed by atoms with Gasteiger partial charge in [0, 0.05) is 24.6 Å². The van der Waals surface area contributed by atoms with E-state index in [2.05, 4.69) is 6.07 Å². The third-order valence-electron chi connectivity index (χ3n) is 5.93. The maximum Gasteiger partial charge on any atom is 0.279 e. The zero-order chi connectivity index (χ0) is 18.6. The summed E-state index contributed by atoms with van der Waals surface area (Å²) < 4.78 is 11.8. The van der Waals surface area contributed by atoms with Crippen molar-refractivity contribution in [1.29, 1.82) is 0 Å². The van der Waals surface area contributed by atoms with Gasteiger partial charge in [0.2, 0.25) is 6.23 Å². The normalized spacial score (nSPS) is 27.1. The maximum absolute atomic E-state index is 13.3. The number of likely N-dealkylation sites (N-methyl/N-ethyl adjacent to an activating group) is 1. The molecule has 0 radical (unpaired) electrons. The molecule has 1 saturated heterocycles. The first-order chi connectivity index (χ1) is 13.3. The highest BCUT2D eigenvalue weighted by molar-refractivity contribution is 6.13. The number of anilines is 1. The van der Waals surface area contributed by atoms with Crippen molar-refractivity contribution in [3.63, 3.8) is 0 Å². The summed E-state index contributed by atoms with van der Waals surface area (Å²) in [7, 11) is 0. The molecule has 5 heteroatoms. The number of ether oxygens (including phenoxy) is 2. The molecule has 2 aliphatic heterocycles. The van der Waals surface area contributed by atoms with Gasteiger partial charge in [-0.1, -0.05) is 37.5 Å². The molecule has 2 fully saturated rings. The minimum atomic E-state index is -0.808. The highest BCUT2D eigenvalue weighted by Gasteiger charge is 2.35. The average molecular weight is 370 g/mol. The van der Waals surface area contributed by atoms with E-state index in [4.69, 9.17) is 14.5 Å². The number of amides is 1.